The van der Waals surface area contributed by atoms with E-state index in [2.05, 4.69) is 40.9 Å². The molecular weight excluding hydrogens is 310 g/mol. The first-order valence-corrected chi connectivity index (χ1v) is 8.25. The van der Waals surface area contributed by atoms with Crippen LogP contribution in [-0.4, -0.2) is 16.7 Å². The molecule has 2 heterocycles. The molecule has 0 N–H and O–H groups in total. The van der Waals surface area contributed by atoms with Gasteiger partial charge in [-0.2, -0.15) is 5.10 Å². The summed E-state index contributed by atoms with van der Waals surface area (Å²) in [6.45, 7) is 4.11. The van der Waals surface area contributed by atoms with Gasteiger partial charge in [-0.25, -0.2) is 5.01 Å². The smallest absolute Gasteiger partial charge is 0.252 e. The molecule has 1 aliphatic rings. The Bertz CT molecular complexity index is 847. The van der Waals surface area contributed by atoms with Crippen LogP contribution >= 0.6 is 0 Å². The van der Waals surface area contributed by atoms with E-state index in [1.165, 1.54) is 21.8 Å². The third kappa shape index (κ3) is 4.23. The van der Waals surface area contributed by atoms with E-state index in [1.807, 2.05) is 55.7 Å². The summed E-state index contributed by atoms with van der Waals surface area (Å²) in [4.78, 5) is 11.3. The highest BCUT2D eigenvalue weighted by Crippen LogP contribution is 2.18. The van der Waals surface area contributed by atoms with Crippen molar-refractivity contribution < 1.29 is 4.79 Å². The zero-order chi connectivity index (χ0) is 17.6. The van der Waals surface area contributed by atoms with Gasteiger partial charge < -0.3 is 4.57 Å². The van der Waals surface area contributed by atoms with Crippen molar-refractivity contribution in [3.05, 3.63) is 84.2 Å². The Morgan fingerprint density at radius 3 is 1.80 bits per heavy atom. The summed E-state index contributed by atoms with van der Waals surface area (Å²) in [6, 6.07) is 20.3. The van der Waals surface area contributed by atoms with Gasteiger partial charge in [0, 0.05) is 24.3 Å². The molecule has 1 aliphatic heterocycles. The van der Waals surface area contributed by atoms with Crippen molar-refractivity contribution >= 4 is 17.8 Å². The molecule has 0 spiro atoms. The molecule has 4 heteroatoms. The van der Waals surface area contributed by atoms with Crippen molar-refractivity contribution in [1.29, 1.82) is 0 Å². The Morgan fingerprint density at radius 1 is 0.800 bits per heavy atom. The van der Waals surface area contributed by atoms with Crippen molar-refractivity contribution in [2.45, 2.75) is 20.3 Å². The molecule has 0 saturated heterocycles. The molecule has 0 radical (unpaired) electrons. The first-order chi connectivity index (χ1) is 12.1. The molecule has 1 amide bonds. The Balaban J connectivity index is 0.000000146. The Morgan fingerprint density at radius 2 is 1.32 bits per heavy atom. The average Bonchev–Trinajstić information content (AvgIpc) is 3.29. The van der Waals surface area contributed by atoms with Crippen LogP contribution in [-0.2, 0) is 4.79 Å². The summed E-state index contributed by atoms with van der Waals surface area (Å²) < 4.78 is 2.10. The number of aromatic nitrogens is 1. The summed E-state index contributed by atoms with van der Waals surface area (Å²) in [5.74, 6) is 0.0313. The maximum absolute atomic E-state index is 11.3. The van der Waals surface area contributed by atoms with Crippen LogP contribution in [0.3, 0.4) is 0 Å². The molecule has 25 heavy (non-hydrogen) atoms. The zero-order valence-electron chi connectivity index (χ0n) is 14.5. The predicted molar refractivity (Wildman–Crippen MR) is 102 cm³/mol. The number of aryl methyl sites for hydroxylation is 2. The van der Waals surface area contributed by atoms with Gasteiger partial charge in [0.15, 0.2) is 0 Å². The summed E-state index contributed by atoms with van der Waals surface area (Å²) in [7, 11) is 0. The van der Waals surface area contributed by atoms with Crippen LogP contribution in [0.4, 0.5) is 5.69 Å². The maximum atomic E-state index is 11.3. The lowest BCUT2D eigenvalue weighted by Crippen LogP contribution is -2.19. The molecule has 4 nitrogen and oxygen atoms in total. The highest BCUT2D eigenvalue weighted by Gasteiger charge is 2.17. The molecule has 0 unspecified atom stereocenters. The fourth-order valence-electron chi connectivity index (χ4n) is 2.47. The van der Waals surface area contributed by atoms with Crippen LogP contribution in [0.1, 0.15) is 17.5 Å². The van der Waals surface area contributed by atoms with E-state index in [1.54, 1.807) is 6.21 Å². The summed E-state index contributed by atoms with van der Waals surface area (Å²) >= 11 is 0. The van der Waals surface area contributed by atoms with Crippen molar-refractivity contribution in [3.63, 3.8) is 0 Å². The van der Waals surface area contributed by atoms with Crippen molar-refractivity contribution in [2.75, 3.05) is 5.01 Å². The summed E-state index contributed by atoms with van der Waals surface area (Å²) in [6.07, 6.45) is 6.13. The highest BCUT2D eigenvalue weighted by molar-refractivity contribution is 6.05. The molecule has 0 atom stereocenters. The van der Waals surface area contributed by atoms with Crippen LogP contribution in [0.2, 0.25) is 0 Å². The average molecular weight is 331 g/mol. The van der Waals surface area contributed by atoms with Crippen LogP contribution in [0.15, 0.2) is 78.2 Å². The molecule has 4 rings (SSSR count). The number of carbonyl (C=O) groups is 1. The lowest BCUT2D eigenvalue weighted by Gasteiger charge is -2.11. The SMILES string of the molecule is Cc1ccc(-n2cccc2)cc1.Cc1ccc(N2N=CCC2=O)cc1. The van der Waals surface area contributed by atoms with Crippen molar-refractivity contribution in [3.8, 4) is 5.69 Å². The van der Waals surface area contributed by atoms with Crippen LogP contribution in [0.5, 0.6) is 0 Å². The third-order valence-corrected chi connectivity index (χ3v) is 3.91. The fourth-order valence-corrected chi connectivity index (χ4v) is 2.47. The number of amides is 1. The van der Waals surface area contributed by atoms with Gasteiger partial charge in [-0.1, -0.05) is 35.4 Å². The van der Waals surface area contributed by atoms with Gasteiger partial charge in [0.05, 0.1) is 12.1 Å². The molecule has 0 aliphatic carbocycles. The Kier molecular flexibility index (Phi) is 5.09. The van der Waals surface area contributed by atoms with Crippen LogP contribution in [0.25, 0.3) is 5.69 Å². The van der Waals surface area contributed by atoms with Gasteiger partial charge >= 0.3 is 0 Å². The van der Waals surface area contributed by atoms with Gasteiger partial charge in [-0.05, 0) is 50.2 Å². The molecule has 126 valence electrons. The number of hydrogen-bond acceptors (Lipinski definition) is 2. The standard InChI is InChI=1S/C11H11N.C10H10N2O/c1-10-4-6-11(7-5-10)12-8-2-3-9-12;1-8-2-4-9(5-3-8)12-10(13)6-7-11-12/h2-9H,1H3;2-5,7H,6H2,1H3. The van der Waals surface area contributed by atoms with E-state index in [0.29, 0.717) is 6.42 Å². The quantitative estimate of drug-likeness (QED) is 0.681. The highest BCUT2D eigenvalue weighted by atomic mass is 16.2. The van der Waals surface area contributed by atoms with Crippen molar-refractivity contribution in [1.82, 2.24) is 4.57 Å². The molecule has 0 bridgehead atoms. The van der Waals surface area contributed by atoms with Gasteiger partial charge in [0.1, 0.15) is 0 Å². The number of rotatable bonds is 2. The second-order valence-electron chi connectivity index (χ2n) is 5.97. The second-order valence-corrected chi connectivity index (χ2v) is 5.97. The van der Waals surface area contributed by atoms with E-state index < -0.39 is 0 Å². The minimum Gasteiger partial charge on any atom is -0.324 e. The largest absolute Gasteiger partial charge is 0.324 e. The third-order valence-electron chi connectivity index (χ3n) is 3.91. The maximum Gasteiger partial charge on any atom is 0.252 e. The van der Waals surface area contributed by atoms with E-state index in [-0.39, 0.29) is 5.91 Å². The minimum absolute atomic E-state index is 0.0313. The lowest BCUT2D eigenvalue weighted by molar-refractivity contribution is -0.116. The van der Waals surface area contributed by atoms with E-state index >= 15 is 0 Å². The number of benzene rings is 2. The topological polar surface area (TPSA) is 37.6 Å². The predicted octanol–water partition coefficient (Wildman–Crippen LogP) is 4.50. The number of anilines is 1. The van der Waals surface area contributed by atoms with Crippen LogP contribution < -0.4 is 5.01 Å². The summed E-state index contributed by atoms with van der Waals surface area (Å²) in [5, 5.41) is 5.41. The van der Waals surface area contributed by atoms with Gasteiger partial charge in [0.25, 0.3) is 5.91 Å². The Labute approximate surface area is 148 Å². The molecule has 0 saturated carbocycles. The van der Waals surface area contributed by atoms with Gasteiger partial charge in [-0.3, -0.25) is 4.79 Å². The number of nitrogens with zero attached hydrogens (tertiary/aromatic N) is 3. The van der Waals surface area contributed by atoms with Crippen molar-refractivity contribution in [2.24, 2.45) is 5.10 Å². The molecule has 2 aromatic carbocycles. The number of carbonyl (C=O) groups excluding carboxylic acids is 1. The lowest BCUT2D eigenvalue weighted by atomic mass is 10.2. The minimum atomic E-state index is 0.0313. The number of hydrogen-bond donors (Lipinski definition) is 0. The van der Waals surface area contributed by atoms with Gasteiger partial charge in [0.2, 0.25) is 0 Å². The fraction of sp³-hybridized carbons (Fsp3) is 0.143. The van der Waals surface area contributed by atoms with Crippen LogP contribution in [0, 0.1) is 13.8 Å². The molecule has 3 aromatic rings. The molecule has 1 aromatic heterocycles. The second kappa shape index (κ2) is 7.62. The monoisotopic (exact) mass is 331 g/mol. The molecule has 0 fully saturated rings. The number of hydrazone groups is 1. The summed E-state index contributed by atoms with van der Waals surface area (Å²) in [5.41, 5.74) is 4.53. The van der Waals surface area contributed by atoms with Gasteiger partial charge in [-0.15, -0.1) is 0 Å². The first kappa shape index (κ1) is 16.7. The molecular formula is C21H21N3O. The van der Waals surface area contributed by atoms with E-state index in [9.17, 15) is 4.79 Å². The normalized spacial score (nSPS) is 12.9. The first-order valence-electron chi connectivity index (χ1n) is 8.25. The Hall–Kier alpha value is -3.14. The van der Waals surface area contributed by atoms with E-state index in [4.69, 9.17) is 0 Å². The zero-order valence-corrected chi connectivity index (χ0v) is 14.5. The van der Waals surface area contributed by atoms with E-state index in [0.717, 1.165) is 5.69 Å².